The average Bonchev–Trinajstić information content (AvgIpc) is 2.78. The van der Waals surface area contributed by atoms with E-state index >= 15 is 0 Å². The van der Waals surface area contributed by atoms with E-state index in [9.17, 15) is 9.59 Å². The second kappa shape index (κ2) is 11.2. The van der Waals surface area contributed by atoms with E-state index in [2.05, 4.69) is 6.92 Å². The molecule has 1 N–H and O–H groups in total. The van der Waals surface area contributed by atoms with Gasteiger partial charge in [0.1, 0.15) is 11.5 Å². The van der Waals surface area contributed by atoms with Crippen LogP contribution in [0.3, 0.4) is 0 Å². The van der Waals surface area contributed by atoms with Crippen LogP contribution in [0.4, 0.5) is 0 Å². The van der Waals surface area contributed by atoms with Crippen molar-refractivity contribution in [3.05, 3.63) is 71.8 Å². The highest BCUT2D eigenvalue weighted by molar-refractivity contribution is 5.96. The summed E-state index contributed by atoms with van der Waals surface area (Å²) in [6.45, 7) is 2.93. The summed E-state index contributed by atoms with van der Waals surface area (Å²) in [5, 5.41) is 10.8. The van der Waals surface area contributed by atoms with Crippen molar-refractivity contribution in [3.8, 4) is 11.5 Å². The molecule has 0 atom stereocenters. The Hall–Kier alpha value is -3.34. The zero-order chi connectivity index (χ0) is 22.1. The minimum absolute atomic E-state index is 0.139. The predicted octanol–water partition coefficient (Wildman–Crippen LogP) is 6.50. The van der Waals surface area contributed by atoms with E-state index in [1.807, 2.05) is 24.3 Å². The Morgan fingerprint density at radius 3 is 2.10 bits per heavy atom. The molecule has 0 spiro atoms. The topological polar surface area (TPSA) is 72.8 Å². The number of rotatable bonds is 11. The number of esters is 1. The summed E-state index contributed by atoms with van der Waals surface area (Å²) in [4.78, 5) is 23.4. The zero-order valence-electron chi connectivity index (χ0n) is 17.8. The summed E-state index contributed by atoms with van der Waals surface area (Å²) in [6, 6.07) is 16.9. The summed E-state index contributed by atoms with van der Waals surface area (Å²) in [7, 11) is 0. The molecule has 0 saturated carbocycles. The third-order valence-corrected chi connectivity index (χ3v) is 5.13. The molecule has 5 nitrogen and oxygen atoms in total. The van der Waals surface area contributed by atoms with E-state index in [0.29, 0.717) is 17.9 Å². The van der Waals surface area contributed by atoms with E-state index in [1.54, 1.807) is 12.1 Å². The largest absolute Gasteiger partial charge is 0.494 e. The molecule has 3 aromatic rings. The molecule has 5 heteroatoms. The summed E-state index contributed by atoms with van der Waals surface area (Å²) in [5.41, 5.74) is 0.565. The van der Waals surface area contributed by atoms with E-state index < -0.39 is 11.9 Å². The molecule has 0 saturated heterocycles. The Bertz CT molecular complexity index is 1020. The first-order chi connectivity index (χ1) is 15.1. The van der Waals surface area contributed by atoms with Crippen LogP contribution in [-0.4, -0.2) is 23.7 Å². The molecule has 0 bridgehead atoms. The molecule has 0 radical (unpaired) electrons. The van der Waals surface area contributed by atoms with Gasteiger partial charge in [-0.3, -0.25) is 0 Å². The van der Waals surface area contributed by atoms with Crippen molar-refractivity contribution >= 4 is 22.7 Å². The fourth-order valence-corrected chi connectivity index (χ4v) is 3.34. The standard InChI is InChI=1S/C26H28O5/c1-2-3-4-5-6-7-16-30-24-15-12-20-17-22(9-8-21(20)18-24)26(29)31-23-13-10-19(11-14-23)25(27)28/h8-15,17-18H,2-7,16H2,1H3,(H,27,28). The van der Waals surface area contributed by atoms with Gasteiger partial charge in [-0.1, -0.05) is 51.2 Å². The summed E-state index contributed by atoms with van der Waals surface area (Å²) < 4.78 is 11.2. The Labute approximate surface area is 182 Å². The molecule has 162 valence electrons. The van der Waals surface area contributed by atoms with Crippen LogP contribution in [-0.2, 0) is 0 Å². The summed E-state index contributed by atoms with van der Waals surface area (Å²) in [6.07, 6.45) is 7.37. The third-order valence-electron chi connectivity index (χ3n) is 5.13. The normalized spacial score (nSPS) is 10.7. The SMILES string of the molecule is CCCCCCCCOc1ccc2cc(C(=O)Oc3ccc(C(=O)O)cc3)ccc2c1. The van der Waals surface area contributed by atoms with Crippen LogP contribution in [0.15, 0.2) is 60.7 Å². The van der Waals surface area contributed by atoms with Crippen molar-refractivity contribution in [1.82, 2.24) is 0 Å². The fraction of sp³-hybridized carbons (Fsp3) is 0.308. The second-order valence-corrected chi connectivity index (χ2v) is 7.56. The van der Waals surface area contributed by atoms with E-state index in [0.717, 1.165) is 22.9 Å². The number of carbonyl (C=O) groups excluding carboxylic acids is 1. The Balaban J connectivity index is 1.56. The number of fused-ring (bicyclic) bond motifs is 1. The molecular formula is C26H28O5. The van der Waals surface area contributed by atoms with Crippen molar-refractivity contribution in [2.75, 3.05) is 6.61 Å². The average molecular weight is 421 g/mol. The molecule has 0 aliphatic carbocycles. The van der Waals surface area contributed by atoms with Gasteiger partial charge in [0, 0.05) is 0 Å². The van der Waals surface area contributed by atoms with Gasteiger partial charge in [-0.05, 0) is 65.7 Å². The molecule has 0 amide bonds. The van der Waals surface area contributed by atoms with Gasteiger partial charge in [0.15, 0.2) is 0 Å². The monoisotopic (exact) mass is 420 g/mol. The first-order valence-corrected chi connectivity index (χ1v) is 10.8. The number of unbranched alkanes of at least 4 members (excludes halogenated alkanes) is 5. The van der Waals surface area contributed by atoms with Gasteiger partial charge in [0.05, 0.1) is 17.7 Å². The lowest BCUT2D eigenvalue weighted by Gasteiger charge is -2.09. The maximum absolute atomic E-state index is 12.4. The van der Waals surface area contributed by atoms with Crippen LogP contribution < -0.4 is 9.47 Å². The van der Waals surface area contributed by atoms with Gasteiger partial charge < -0.3 is 14.6 Å². The molecule has 3 rings (SSSR count). The quantitative estimate of drug-likeness (QED) is 0.218. The van der Waals surface area contributed by atoms with Crippen LogP contribution in [0.1, 0.15) is 66.2 Å². The number of carboxylic acid groups (broad SMARTS) is 1. The minimum Gasteiger partial charge on any atom is -0.494 e. The zero-order valence-corrected chi connectivity index (χ0v) is 17.8. The summed E-state index contributed by atoms with van der Waals surface area (Å²) in [5.74, 6) is -0.389. The Kier molecular flexibility index (Phi) is 8.05. The molecule has 31 heavy (non-hydrogen) atoms. The highest BCUT2D eigenvalue weighted by Gasteiger charge is 2.11. The highest BCUT2D eigenvalue weighted by Crippen LogP contribution is 2.23. The molecule has 3 aromatic carbocycles. The van der Waals surface area contributed by atoms with E-state index in [4.69, 9.17) is 14.6 Å². The van der Waals surface area contributed by atoms with Crippen LogP contribution in [0.25, 0.3) is 10.8 Å². The smallest absolute Gasteiger partial charge is 0.343 e. The number of hydrogen-bond acceptors (Lipinski definition) is 4. The number of ether oxygens (including phenoxy) is 2. The maximum atomic E-state index is 12.4. The van der Waals surface area contributed by atoms with Gasteiger partial charge in [-0.15, -0.1) is 0 Å². The van der Waals surface area contributed by atoms with Gasteiger partial charge in [-0.2, -0.15) is 0 Å². The van der Waals surface area contributed by atoms with Gasteiger partial charge >= 0.3 is 11.9 Å². The van der Waals surface area contributed by atoms with Crippen molar-refractivity contribution < 1.29 is 24.2 Å². The number of aromatic carboxylic acids is 1. The number of carbonyl (C=O) groups is 2. The van der Waals surface area contributed by atoms with Crippen LogP contribution in [0, 0.1) is 0 Å². The minimum atomic E-state index is -1.03. The molecular weight excluding hydrogens is 392 g/mol. The molecule has 0 aliphatic heterocycles. The van der Waals surface area contributed by atoms with Crippen molar-refractivity contribution in [2.45, 2.75) is 45.4 Å². The Morgan fingerprint density at radius 1 is 0.742 bits per heavy atom. The Morgan fingerprint density at radius 2 is 1.35 bits per heavy atom. The molecule has 0 heterocycles. The molecule has 0 unspecified atom stereocenters. The van der Waals surface area contributed by atoms with Crippen molar-refractivity contribution in [2.24, 2.45) is 0 Å². The molecule has 0 aromatic heterocycles. The van der Waals surface area contributed by atoms with Gasteiger partial charge in [0.25, 0.3) is 0 Å². The van der Waals surface area contributed by atoms with Crippen LogP contribution in [0.5, 0.6) is 11.5 Å². The van der Waals surface area contributed by atoms with Crippen LogP contribution in [0.2, 0.25) is 0 Å². The lowest BCUT2D eigenvalue weighted by Crippen LogP contribution is -2.08. The van der Waals surface area contributed by atoms with E-state index in [-0.39, 0.29) is 5.56 Å². The van der Waals surface area contributed by atoms with Crippen LogP contribution >= 0.6 is 0 Å². The molecule has 0 aliphatic rings. The number of hydrogen-bond donors (Lipinski definition) is 1. The second-order valence-electron chi connectivity index (χ2n) is 7.56. The number of carboxylic acids is 1. The fourth-order valence-electron chi connectivity index (χ4n) is 3.34. The predicted molar refractivity (Wildman–Crippen MR) is 121 cm³/mol. The van der Waals surface area contributed by atoms with E-state index in [1.165, 1.54) is 56.4 Å². The number of benzene rings is 3. The molecule has 0 fully saturated rings. The van der Waals surface area contributed by atoms with Crippen molar-refractivity contribution in [3.63, 3.8) is 0 Å². The van der Waals surface area contributed by atoms with Gasteiger partial charge in [0.2, 0.25) is 0 Å². The van der Waals surface area contributed by atoms with Gasteiger partial charge in [-0.25, -0.2) is 9.59 Å². The first kappa shape index (κ1) is 22.3. The third kappa shape index (κ3) is 6.57. The lowest BCUT2D eigenvalue weighted by molar-refractivity contribution is 0.0696. The van der Waals surface area contributed by atoms with Crippen molar-refractivity contribution in [1.29, 1.82) is 0 Å². The highest BCUT2D eigenvalue weighted by atomic mass is 16.5. The lowest BCUT2D eigenvalue weighted by atomic mass is 10.1. The maximum Gasteiger partial charge on any atom is 0.343 e. The summed E-state index contributed by atoms with van der Waals surface area (Å²) >= 11 is 0. The first-order valence-electron chi connectivity index (χ1n) is 10.8.